The Balaban J connectivity index is 1.35. The molecule has 206 valence electrons. The Morgan fingerprint density at radius 3 is 1.91 bits per heavy atom. The summed E-state index contributed by atoms with van der Waals surface area (Å²) in [7, 11) is 0. The highest BCUT2D eigenvalue weighted by molar-refractivity contribution is 7.25. The summed E-state index contributed by atoms with van der Waals surface area (Å²) in [6.07, 6.45) is 0. The molecule has 0 aliphatic heterocycles. The summed E-state index contributed by atoms with van der Waals surface area (Å²) in [6.45, 7) is 0. The van der Waals surface area contributed by atoms with Gasteiger partial charge in [-0.2, -0.15) is 0 Å². The van der Waals surface area contributed by atoms with Crippen LogP contribution >= 0.6 is 11.3 Å². The van der Waals surface area contributed by atoms with Crippen LogP contribution in [0.25, 0.3) is 63.6 Å². The van der Waals surface area contributed by atoms with Gasteiger partial charge in [-0.3, -0.25) is 0 Å². The predicted molar refractivity (Wildman–Crippen MR) is 192 cm³/mol. The van der Waals surface area contributed by atoms with Crippen molar-refractivity contribution in [2.75, 3.05) is 4.90 Å². The Hall–Kier alpha value is -5.44. The van der Waals surface area contributed by atoms with Crippen LogP contribution in [-0.4, -0.2) is 0 Å². The third-order valence-corrected chi connectivity index (χ3v) is 9.93. The highest BCUT2D eigenvalue weighted by atomic mass is 32.1. The van der Waals surface area contributed by atoms with E-state index in [2.05, 4.69) is 169 Å². The molecule has 2 heteroatoms. The van der Waals surface area contributed by atoms with Crippen LogP contribution in [-0.2, 0) is 0 Å². The zero-order valence-electron chi connectivity index (χ0n) is 23.9. The van der Waals surface area contributed by atoms with Crippen LogP contribution in [0.4, 0.5) is 17.1 Å². The van der Waals surface area contributed by atoms with Crippen molar-refractivity contribution >= 4 is 80.9 Å². The largest absolute Gasteiger partial charge is 0.310 e. The zero-order valence-corrected chi connectivity index (χ0v) is 24.8. The fraction of sp³-hybridized carbons (Fsp3) is 0. The molecule has 9 aromatic rings. The van der Waals surface area contributed by atoms with E-state index in [1.807, 2.05) is 11.3 Å². The molecule has 0 unspecified atom stereocenters. The number of benzene rings is 8. The molecule has 0 fully saturated rings. The van der Waals surface area contributed by atoms with Crippen LogP contribution in [0.15, 0.2) is 164 Å². The summed E-state index contributed by atoms with van der Waals surface area (Å²) in [5.41, 5.74) is 5.88. The number of rotatable bonds is 4. The van der Waals surface area contributed by atoms with Crippen molar-refractivity contribution in [3.63, 3.8) is 0 Å². The van der Waals surface area contributed by atoms with Gasteiger partial charge in [-0.1, -0.05) is 127 Å². The first-order valence-electron chi connectivity index (χ1n) is 15.0. The van der Waals surface area contributed by atoms with Gasteiger partial charge in [0.2, 0.25) is 0 Å². The molecule has 8 aromatic carbocycles. The van der Waals surface area contributed by atoms with Gasteiger partial charge in [0.05, 0.1) is 5.69 Å². The molecule has 44 heavy (non-hydrogen) atoms. The second-order valence-electron chi connectivity index (χ2n) is 11.4. The molecule has 1 aromatic heterocycles. The standard InChI is InChI=1S/C42H27NS/c1-2-11-28(12-3-1)30-14-10-15-32(25-30)43(33-23-24-37-36-18-8-9-20-40(36)44-41(37)27-33)39-26-31-22-21-29-13-4-5-16-34(29)42(31)38-19-7-6-17-35(38)39/h1-27H. The lowest BCUT2D eigenvalue weighted by atomic mass is 9.94. The third kappa shape index (κ3) is 4.00. The molecule has 9 rings (SSSR count). The Morgan fingerprint density at radius 2 is 1.02 bits per heavy atom. The van der Waals surface area contributed by atoms with Gasteiger partial charge >= 0.3 is 0 Å². The first-order valence-corrected chi connectivity index (χ1v) is 15.8. The minimum Gasteiger partial charge on any atom is -0.310 e. The van der Waals surface area contributed by atoms with E-state index in [1.54, 1.807) is 0 Å². The molecule has 1 heterocycles. The lowest BCUT2D eigenvalue weighted by Gasteiger charge is -2.28. The van der Waals surface area contributed by atoms with Crippen molar-refractivity contribution in [3.8, 4) is 11.1 Å². The zero-order chi connectivity index (χ0) is 29.0. The number of thiophene rings is 1. The van der Waals surface area contributed by atoms with Gasteiger partial charge in [-0.15, -0.1) is 11.3 Å². The van der Waals surface area contributed by atoms with E-state index in [-0.39, 0.29) is 0 Å². The van der Waals surface area contributed by atoms with Crippen molar-refractivity contribution in [3.05, 3.63) is 164 Å². The number of hydrogen-bond donors (Lipinski definition) is 0. The van der Waals surface area contributed by atoms with E-state index in [0.29, 0.717) is 0 Å². The minimum atomic E-state index is 1.14. The second kappa shape index (κ2) is 10.1. The summed E-state index contributed by atoms with van der Waals surface area (Å²) in [5.74, 6) is 0. The molecule has 0 aliphatic rings. The maximum atomic E-state index is 2.45. The highest BCUT2D eigenvalue weighted by Crippen LogP contribution is 2.46. The van der Waals surface area contributed by atoms with Crippen molar-refractivity contribution < 1.29 is 0 Å². The molecule has 0 amide bonds. The van der Waals surface area contributed by atoms with Crippen molar-refractivity contribution in [2.45, 2.75) is 0 Å². The van der Waals surface area contributed by atoms with Gasteiger partial charge in [-0.25, -0.2) is 0 Å². The molecule has 0 saturated carbocycles. The first kappa shape index (κ1) is 25.1. The van der Waals surface area contributed by atoms with Gasteiger partial charge in [0.25, 0.3) is 0 Å². The molecule has 0 saturated heterocycles. The van der Waals surface area contributed by atoms with Gasteiger partial charge in [0.15, 0.2) is 0 Å². The molecule has 0 aliphatic carbocycles. The average Bonchev–Trinajstić information content (AvgIpc) is 3.47. The van der Waals surface area contributed by atoms with Crippen LogP contribution < -0.4 is 4.90 Å². The van der Waals surface area contributed by atoms with Gasteiger partial charge in [-0.05, 0) is 74.5 Å². The Bertz CT molecular complexity index is 2510. The molecule has 0 spiro atoms. The molecular weight excluding hydrogens is 551 g/mol. The third-order valence-electron chi connectivity index (χ3n) is 8.80. The van der Waals surface area contributed by atoms with E-state index in [4.69, 9.17) is 0 Å². The molecular formula is C42H27NS. The van der Waals surface area contributed by atoms with Crippen molar-refractivity contribution in [1.29, 1.82) is 0 Å². The van der Waals surface area contributed by atoms with Gasteiger partial charge in [0, 0.05) is 36.9 Å². The van der Waals surface area contributed by atoms with E-state index in [0.717, 1.165) is 11.4 Å². The van der Waals surface area contributed by atoms with Crippen LogP contribution in [0.3, 0.4) is 0 Å². The lowest BCUT2D eigenvalue weighted by Crippen LogP contribution is -2.10. The molecule has 0 atom stereocenters. The molecule has 1 nitrogen and oxygen atoms in total. The second-order valence-corrected chi connectivity index (χ2v) is 12.4. The SMILES string of the molecule is c1ccc(-c2cccc(N(c3ccc4c(c3)sc3ccccc34)c3cc4ccc5ccccc5c4c4ccccc34)c2)cc1. The van der Waals surface area contributed by atoms with Crippen molar-refractivity contribution in [2.24, 2.45) is 0 Å². The summed E-state index contributed by atoms with van der Waals surface area (Å²) in [4.78, 5) is 2.45. The average molecular weight is 578 g/mol. The summed E-state index contributed by atoms with van der Waals surface area (Å²) in [6, 6.07) is 59.8. The first-order chi connectivity index (χ1) is 21.8. The number of anilines is 3. The predicted octanol–water partition coefficient (Wildman–Crippen LogP) is 12.7. The Kier molecular flexibility index (Phi) is 5.75. The van der Waals surface area contributed by atoms with Gasteiger partial charge < -0.3 is 4.90 Å². The number of hydrogen-bond acceptors (Lipinski definition) is 2. The van der Waals surface area contributed by atoms with E-state index in [1.165, 1.54) is 69.3 Å². The quantitative estimate of drug-likeness (QED) is 0.188. The molecule has 0 N–H and O–H groups in total. The van der Waals surface area contributed by atoms with Crippen LogP contribution in [0.5, 0.6) is 0 Å². The van der Waals surface area contributed by atoms with Crippen LogP contribution in [0.2, 0.25) is 0 Å². The fourth-order valence-electron chi connectivity index (χ4n) is 6.78. The monoisotopic (exact) mass is 577 g/mol. The molecule has 0 bridgehead atoms. The minimum absolute atomic E-state index is 1.14. The van der Waals surface area contributed by atoms with E-state index < -0.39 is 0 Å². The number of nitrogens with zero attached hydrogens (tertiary/aromatic N) is 1. The smallest absolute Gasteiger partial charge is 0.0546 e. The maximum absolute atomic E-state index is 2.45. The normalized spacial score (nSPS) is 11.6. The highest BCUT2D eigenvalue weighted by Gasteiger charge is 2.20. The fourth-order valence-corrected chi connectivity index (χ4v) is 7.92. The summed E-state index contributed by atoms with van der Waals surface area (Å²) >= 11 is 1.86. The van der Waals surface area contributed by atoms with Crippen LogP contribution in [0, 0.1) is 0 Å². The summed E-state index contributed by atoms with van der Waals surface area (Å²) < 4.78 is 2.62. The number of fused-ring (bicyclic) bond motifs is 8. The lowest BCUT2D eigenvalue weighted by molar-refractivity contribution is 1.31. The van der Waals surface area contributed by atoms with Crippen molar-refractivity contribution in [1.82, 2.24) is 0 Å². The Labute approximate surface area is 259 Å². The van der Waals surface area contributed by atoms with E-state index >= 15 is 0 Å². The topological polar surface area (TPSA) is 3.24 Å². The maximum Gasteiger partial charge on any atom is 0.0546 e. The van der Waals surface area contributed by atoms with E-state index in [9.17, 15) is 0 Å². The Morgan fingerprint density at radius 1 is 0.364 bits per heavy atom. The van der Waals surface area contributed by atoms with Crippen LogP contribution in [0.1, 0.15) is 0 Å². The summed E-state index contributed by atoms with van der Waals surface area (Å²) in [5, 5.41) is 10.2. The molecule has 0 radical (unpaired) electrons. The van der Waals surface area contributed by atoms with Gasteiger partial charge in [0.1, 0.15) is 0 Å².